The molecule has 17 heavy (non-hydrogen) atoms. The van der Waals surface area contributed by atoms with E-state index in [0.717, 1.165) is 25.3 Å². The van der Waals surface area contributed by atoms with E-state index in [9.17, 15) is 10.1 Å². The first kappa shape index (κ1) is 13.7. The summed E-state index contributed by atoms with van der Waals surface area (Å²) in [6.45, 7) is 4.87. The minimum atomic E-state index is -0.307. The maximum absolute atomic E-state index is 10.9. The minimum Gasteiger partial charge on any atom is -1.00 e. The maximum atomic E-state index is 10.9. The molecule has 0 spiro atoms. The summed E-state index contributed by atoms with van der Waals surface area (Å²) in [5.74, 6) is 0. The second-order valence-corrected chi connectivity index (χ2v) is 4.19. The van der Waals surface area contributed by atoms with Crippen LogP contribution in [0.15, 0.2) is 24.3 Å². The fourth-order valence-corrected chi connectivity index (χ4v) is 2.13. The Bertz CT molecular complexity index is 400. The third kappa shape index (κ3) is 3.08. The van der Waals surface area contributed by atoms with E-state index in [1.807, 2.05) is 12.1 Å². The van der Waals surface area contributed by atoms with Gasteiger partial charge in [-0.05, 0) is 13.0 Å². The smallest absolute Gasteiger partial charge is 0.292 e. The maximum Gasteiger partial charge on any atom is 0.292 e. The molecule has 1 aliphatic rings. The first-order valence-electron chi connectivity index (χ1n) is 5.50. The normalized spacial score (nSPS) is 19.6. The van der Waals surface area contributed by atoms with Gasteiger partial charge in [-0.1, -0.05) is 12.1 Å². The SMILES string of the molecule is CC1CN(c2ccccc2[N+](=O)[O-])CC[NH2+]1.[Cl-]. The number of anilines is 1. The quantitative estimate of drug-likeness (QED) is 0.466. The van der Waals surface area contributed by atoms with Crippen LogP contribution in [0.2, 0.25) is 0 Å². The molecule has 0 radical (unpaired) electrons. The topological polar surface area (TPSA) is 63.0 Å². The summed E-state index contributed by atoms with van der Waals surface area (Å²) in [6.07, 6.45) is 0. The summed E-state index contributed by atoms with van der Waals surface area (Å²) in [7, 11) is 0. The molecule has 1 unspecified atom stereocenters. The predicted molar refractivity (Wildman–Crippen MR) is 61.6 cm³/mol. The number of para-hydroxylation sites is 2. The average Bonchev–Trinajstić information content (AvgIpc) is 2.29. The zero-order valence-electron chi connectivity index (χ0n) is 9.67. The van der Waals surface area contributed by atoms with Crippen molar-refractivity contribution < 1.29 is 22.6 Å². The lowest BCUT2D eigenvalue weighted by Gasteiger charge is -2.30. The van der Waals surface area contributed by atoms with Gasteiger partial charge in [0.25, 0.3) is 5.69 Å². The Morgan fingerprint density at radius 3 is 2.82 bits per heavy atom. The molecule has 2 rings (SSSR count). The lowest BCUT2D eigenvalue weighted by molar-refractivity contribution is -0.687. The number of halogens is 1. The molecule has 1 heterocycles. The van der Waals surface area contributed by atoms with Crippen LogP contribution in [-0.2, 0) is 0 Å². The van der Waals surface area contributed by atoms with Gasteiger partial charge in [-0.15, -0.1) is 0 Å². The van der Waals surface area contributed by atoms with Crippen molar-refractivity contribution in [2.75, 3.05) is 24.5 Å². The Morgan fingerprint density at radius 1 is 1.47 bits per heavy atom. The minimum absolute atomic E-state index is 0. The summed E-state index contributed by atoms with van der Waals surface area (Å²) in [5, 5.41) is 13.2. The van der Waals surface area contributed by atoms with E-state index in [1.165, 1.54) is 0 Å². The van der Waals surface area contributed by atoms with Gasteiger partial charge in [0.1, 0.15) is 11.7 Å². The molecule has 1 atom stereocenters. The van der Waals surface area contributed by atoms with Crippen molar-refractivity contribution in [1.29, 1.82) is 0 Å². The number of rotatable bonds is 2. The van der Waals surface area contributed by atoms with Crippen molar-refractivity contribution in [1.82, 2.24) is 0 Å². The molecule has 2 N–H and O–H groups in total. The second kappa shape index (κ2) is 5.84. The lowest BCUT2D eigenvalue weighted by Crippen LogP contribution is -3.00. The van der Waals surface area contributed by atoms with Crippen molar-refractivity contribution >= 4 is 11.4 Å². The molecule has 1 aromatic carbocycles. The molecule has 5 nitrogen and oxygen atoms in total. The largest absolute Gasteiger partial charge is 1.00 e. The lowest BCUT2D eigenvalue weighted by atomic mass is 10.2. The zero-order valence-corrected chi connectivity index (χ0v) is 10.4. The number of nitrogens with two attached hydrogens (primary N) is 1. The van der Waals surface area contributed by atoms with Crippen LogP contribution < -0.4 is 22.6 Å². The van der Waals surface area contributed by atoms with Gasteiger partial charge in [-0.3, -0.25) is 10.1 Å². The van der Waals surface area contributed by atoms with Crippen LogP contribution in [0.4, 0.5) is 11.4 Å². The zero-order chi connectivity index (χ0) is 11.5. The number of hydrogen-bond donors (Lipinski definition) is 1. The van der Waals surface area contributed by atoms with Gasteiger partial charge >= 0.3 is 0 Å². The number of hydrogen-bond acceptors (Lipinski definition) is 3. The highest BCUT2D eigenvalue weighted by atomic mass is 35.5. The van der Waals surface area contributed by atoms with Gasteiger partial charge in [0.05, 0.1) is 24.6 Å². The van der Waals surface area contributed by atoms with E-state index in [4.69, 9.17) is 0 Å². The van der Waals surface area contributed by atoms with Gasteiger partial charge in [0.2, 0.25) is 0 Å². The molecular weight excluding hydrogens is 242 g/mol. The van der Waals surface area contributed by atoms with Crippen molar-refractivity contribution in [3.63, 3.8) is 0 Å². The third-order valence-corrected chi connectivity index (χ3v) is 2.90. The van der Waals surface area contributed by atoms with Crippen LogP contribution in [0, 0.1) is 10.1 Å². The number of nitro benzene ring substituents is 1. The van der Waals surface area contributed by atoms with Crippen LogP contribution in [0.5, 0.6) is 0 Å². The van der Waals surface area contributed by atoms with Gasteiger partial charge in [-0.2, -0.15) is 0 Å². The van der Waals surface area contributed by atoms with E-state index in [0.29, 0.717) is 6.04 Å². The van der Waals surface area contributed by atoms with E-state index < -0.39 is 0 Å². The molecular formula is C11H16ClN3O2. The second-order valence-electron chi connectivity index (χ2n) is 4.19. The summed E-state index contributed by atoms with van der Waals surface area (Å²) in [6, 6.07) is 7.45. The fraction of sp³-hybridized carbons (Fsp3) is 0.455. The Labute approximate surface area is 106 Å². The average molecular weight is 258 g/mol. The highest BCUT2D eigenvalue weighted by Crippen LogP contribution is 2.27. The summed E-state index contributed by atoms with van der Waals surface area (Å²) in [4.78, 5) is 12.7. The highest BCUT2D eigenvalue weighted by molar-refractivity contribution is 5.63. The molecule has 6 heteroatoms. The summed E-state index contributed by atoms with van der Waals surface area (Å²) >= 11 is 0. The molecule has 1 fully saturated rings. The van der Waals surface area contributed by atoms with Crippen LogP contribution in [0.3, 0.4) is 0 Å². The third-order valence-electron chi connectivity index (χ3n) is 2.90. The highest BCUT2D eigenvalue weighted by Gasteiger charge is 2.24. The summed E-state index contributed by atoms with van der Waals surface area (Å²) in [5.41, 5.74) is 0.948. The first-order chi connectivity index (χ1) is 7.68. The summed E-state index contributed by atoms with van der Waals surface area (Å²) < 4.78 is 0. The van der Waals surface area contributed by atoms with Crippen LogP contribution in [-0.4, -0.2) is 30.6 Å². The molecule has 1 aromatic rings. The first-order valence-corrected chi connectivity index (χ1v) is 5.50. The number of nitro groups is 1. The van der Waals surface area contributed by atoms with Gasteiger partial charge < -0.3 is 22.6 Å². The molecule has 1 aliphatic heterocycles. The molecule has 1 saturated heterocycles. The standard InChI is InChI=1S/C11H15N3O2.ClH/c1-9-8-13(7-6-12-9)10-4-2-3-5-11(10)14(15)16;/h2-5,9,12H,6-8H2,1H3;1H. The van der Waals surface area contributed by atoms with E-state index in [-0.39, 0.29) is 23.0 Å². The number of benzene rings is 1. The molecule has 0 aliphatic carbocycles. The number of quaternary nitrogens is 1. The molecule has 0 saturated carbocycles. The molecule has 0 aromatic heterocycles. The predicted octanol–water partition coefficient (Wildman–Crippen LogP) is -2.63. The van der Waals surface area contributed by atoms with Gasteiger partial charge in [-0.25, -0.2) is 0 Å². The van der Waals surface area contributed by atoms with Gasteiger partial charge in [0, 0.05) is 6.07 Å². The van der Waals surface area contributed by atoms with Gasteiger partial charge in [0.15, 0.2) is 0 Å². The van der Waals surface area contributed by atoms with Crippen LogP contribution in [0.25, 0.3) is 0 Å². The molecule has 0 amide bonds. The Morgan fingerprint density at radius 2 is 2.18 bits per heavy atom. The van der Waals surface area contributed by atoms with Crippen LogP contribution >= 0.6 is 0 Å². The Hall–Kier alpha value is -1.33. The van der Waals surface area contributed by atoms with E-state index in [2.05, 4.69) is 17.1 Å². The molecule has 0 bridgehead atoms. The Kier molecular flexibility index (Phi) is 4.72. The Balaban J connectivity index is 0.00000144. The van der Waals surface area contributed by atoms with E-state index in [1.54, 1.807) is 12.1 Å². The fourth-order valence-electron chi connectivity index (χ4n) is 2.13. The van der Waals surface area contributed by atoms with Crippen LogP contribution in [0.1, 0.15) is 6.92 Å². The molecule has 94 valence electrons. The van der Waals surface area contributed by atoms with Crippen molar-refractivity contribution in [2.24, 2.45) is 0 Å². The monoisotopic (exact) mass is 257 g/mol. The van der Waals surface area contributed by atoms with Crippen molar-refractivity contribution in [3.05, 3.63) is 34.4 Å². The number of piperazine rings is 1. The van der Waals surface area contributed by atoms with Crippen molar-refractivity contribution in [3.8, 4) is 0 Å². The number of nitrogens with zero attached hydrogens (tertiary/aromatic N) is 2. The van der Waals surface area contributed by atoms with Crippen molar-refractivity contribution in [2.45, 2.75) is 13.0 Å². The van der Waals surface area contributed by atoms with E-state index >= 15 is 0 Å².